The van der Waals surface area contributed by atoms with Crippen molar-refractivity contribution in [3.05, 3.63) is 23.8 Å². The van der Waals surface area contributed by atoms with Crippen LogP contribution in [0.5, 0.6) is 0 Å². The molecule has 1 aliphatic rings. The van der Waals surface area contributed by atoms with Crippen molar-refractivity contribution >= 4 is 5.91 Å². The first kappa shape index (κ1) is 8.54. The summed E-state index contributed by atoms with van der Waals surface area (Å²) in [6.45, 7) is 0. The highest BCUT2D eigenvalue weighted by Crippen LogP contribution is 2.12. The van der Waals surface area contributed by atoms with Gasteiger partial charge in [-0.25, -0.2) is 0 Å². The lowest BCUT2D eigenvalue weighted by Gasteiger charge is -2.03. The lowest BCUT2D eigenvalue weighted by Crippen LogP contribution is -2.17. The van der Waals surface area contributed by atoms with Crippen LogP contribution in [0.15, 0.2) is 23.8 Å². The number of allylic oxidation sites excluding steroid dienone is 3. The molecule has 1 N–H and O–H groups in total. The third-order valence-corrected chi connectivity index (χ3v) is 1.63. The van der Waals surface area contributed by atoms with Crippen LogP contribution in [0.2, 0.25) is 0 Å². The second kappa shape index (κ2) is 4.35. The van der Waals surface area contributed by atoms with Gasteiger partial charge in [0.05, 0.1) is 6.42 Å². The van der Waals surface area contributed by atoms with Crippen LogP contribution in [0.1, 0.15) is 19.3 Å². The maximum atomic E-state index is 10.9. The average Bonchev–Trinajstić information content (AvgIpc) is 2.06. The molecule has 0 saturated heterocycles. The predicted octanol–water partition coefficient (Wildman–Crippen LogP) is 1.25. The zero-order valence-corrected chi connectivity index (χ0v) is 6.71. The summed E-state index contributed by atoms with van der Waals surface area (Å²) in [5.74, 6) is -0.240. The fourth-order valence-corrected chi connectivity index (χ4v) is 1.09. The molecule has 1 rings (SSSR count). The van der Waals surface area contributed by atoms with Crippen molar-refractivity contribution in [2.24, 2.45) is 0 Å². The first-order valence-corrected chi connectivity index (χ1v) is 3.86. The van der Waals surface area contributed by atoms with E-state index in [4.69, 9.17) is 5.26 Å². The van der Waals surface area contributed by atoms with Crippen molar-refractivity contribution in [1.29, 1.82) is 5.26 Å². The third kappa shape index (κ3) is 2.59. The quantitative estimate of drug-likeness (QED) is 0.490. The van der Waals surface area contributed by atoms with E-state index in [1.165, 1.54) is 0 Å². The van der Waals surface area contributed by atoms with Gasteiger partial charge in [0.1, 0.15) is 0 Å². The van der Waals surface area contributed by atoms with E-state index in [2.05, 4.69) is 5.32 Å². The maximum Gasteiger partial charge on any atom is 0.237 e. The van der Waals surface area contributed by atoms with Crippen molar-refractivity contribution in [1.82, 2.24) is 5.32 Å². The Morgan fingerprint density at radius 2 is 2.50 bits per heavy atom. The van der Waals surface area contributed by atoms with Crippen molar-refractivity contribution in [3.8, 4) is 6.19 Å². The summed E-state index contributed by atoms with van der Waals surface area (Å²) in [7, 11) is 0. The first-order valence-electron chi connectivity index (χ1n) is 3.86. The average molecular weight is 162 g/mol. The van der Waals surface area contributed by atoms with Crippen LogP contribution in [0, 0.1) is 11.5 Å². The number of rotatable bonds is 2. The molecule has 1 amide bonds. The molecule has 0 atom stereocenters. The van der Waals surface area contributed by atoms with E-state index < -0.39 is 0 Å². The van der Waals surface area contributed by atoms with E-state index in [9.17, 15) is 4.79 Å². The van der Waals surface area contributed by atoms with Crippen molar-refractivity contribution in [3.63, 3.8) is 0 Å². The number of hydrogen-bond donors (Lipinski definition) is 1. The molecule has 3 nitrogen and oxygen atoms in total. The van der Waals surface area contributed by atoms with E-state index in [1.54, 1.807) is 6.19 Å². The summed E-state index contributed by atoms with van der Waals surface area (Å²) < 4.78 is 0. The molecule has 3 heteroatoms. The van der Waals surface area contributed by atoms with Crippen LogP contribution in [-0.4, -0.2) is 5.91 Å². The Bertz CT molecular complexity index is 271. The van der Waals surface area contributed by atoms with E-state index in [1.807, 2.05) is 18.2 Å². The number of carbonyl (C=O) groups excluding carboxylic acids is 1. The lowest BCUT2D eigenvalue weighted by molar-refractivity contribution is -0.119. The van der Waals surface area contributed by atoms with Crippen molar-refractivity contribution in [2.75, 3.05) is 0 Å². The van der Waals surface area contributed by atoms with Gasteiger partial charge in [-0.05, 0) is 18.4 Å². The molecule has 0 unspecified atom stereocenters. The summed E-state index contributed by atoms with van der Waals surface area (Å²) in [6, 6.07) is 0. The SMILES string of the molecule is N#CNC(=O)CC1=CCCC=C1. The third-order valence-electron chi connectivity index (χ3n) is 1.63. The van der Waals surface area contributed by atoms with Gasteiger partial charge in [-0.2, -0.15) is 5.26 Å². The molecule has 0 aliphatic heterocycles. The number of nitrogens with one attached hydrogen (secondary N) is 1. The number of nitriles is 1. The van der Waals surface area contributed by atoms with Gasteiger partial charge in [0, 0.05) is 0 Å². The van der Waals surface area contributed by atoms with Crippen LogP contribution < -0.4 is 5.32 Å². The Hall–Kier alpha value is -1.56. The van der Waals surface area contributed by atoms with Gasteiger partial charge in [0.25, 0.3) is 0 Å². The molecule has 0 fully saturated rings. The second-order valence-electron chi connectivity index (χ2n) is 2.60. The Morgan fingerprint density at radius 3 is 3.08 bits per heavy atom. The second-order valence-corrected chi connectivity index (χ2v) is 2.60. The topological polar surface area (TPSA) is 52.9 Å². The van der Waals surface area contributed by atoms with Crippen LogP contribution in [0.4, 0.5) is 0 Å². The molecular weight excluding hydrogens is 152 g/mol. The molecule has 0 spiro atoms. The maximum absolute atomic E-state index is 10.9. The smallest absolute Gasteiger partial charge is 0.237 e. The van der Waals surface area contributed by atoms with E-state index in [-0.39, 0.29) is 5.91 Å². The summed E-state index contributed by atoms with van der Waals surface area (Å²) in [5.41, 5.74) is 0.994. The molecule has 0 aromatic heterocycles. The minimum atomic E-state index is -0.240. The molecule has 12 heavy (non-hydrogen) atoms. The Kier molecular flexibility index (Phi) is 3.09. The van der Waals surface area contributed by atoms with Gasteiger partial charge < -0.3 is 0 Å². The molecular formula is C9H10N2O. The van der Waals surface area contributed by atoms with Gasteiger partial charge in [0.2, 0.25) is 5.91 Å². The van der Waals surface area contributed by atoms with Crippen molar-refractivity contribution < 1.29 is 4.79 Å². The minimum Gasteiger partial charge on any atom is -0.274 e. The fraction of sp³-hybridized carbons (Fsp3) is 0.333. The molecule has 0 aromatic carbocycles. The van der Waals surface area contributed by atoms with Crippen LogP contribution >= 0.6 is 0 Å². The van der Waals surface area contributed by atoms with Gasteiger partial charge in [-0.1, -0.05) is 18.2 Å². The van der Waals surface area contributed by atoms with Gasteiger partial charge in [0.15, 0.2) is 6.19 Å². The molecule has 0 aromatic rings. The molecule has 62 valence electrons. The van der Waals surface area contributed by atoms with Crippen LogP contribution in [0.3, 0.4) is 0 Å². The highest BCUT2D eigenvalue weighted by Gasteiger charge is 2.03. The van der Waals surface area contributed by atoms with Crippen molar-refractivity contribution in [2.45, 2.75) is 19.3 Å². The molecule has 0 saturated carbocycles. The summed E-state index contributed by atoms with van der Waals surface area (Å²) in [4.78, 5) is 10.9. The lowest BCUT2D eigenvalue weighted by atomic mass is 10.0. The standard InChI is InChI=1S/C9H10N2O/c10-7-11-9(12)6-8-4-2-1-3-5-8/h2,4-5H,1,3,6H2,(H,11,12). The monoisotopic (exact) mass is 162 g/mol. The Balaban J connectivity index is 2.41. The number of nitrogens with zero attached hydrogens (tertiary/aromatic N) is 1. The Morgan fingerprint density at radius 1 is 1.67 bits per heavy atom. The highest BCUT2D eigenvalue weighted by atomic mass is 16.1. The first-order chi connectivity index (χ1) is 5.83. The predicted molar refractivity (Wildman–Crippen MR) is 44.8 cm³/mol. The number of carbonyl (C=O) groups is 1. The summed E-state index contributed by atoms with van der Waals surface area (Å²) in [6.07, 6.45) is 9.94. The largest absolute Gasteiger partial charge is 0.274 e. The molecule has 0 radical (unpaired) electrons. The van der Waals surface area contributed by atoms with E-state index in [0.717, 1.165) is 18.4 Å². The van der Waals surface area contributed by atoms with Crippen LogP contribution in [0.25, 0.3) is 0 Å². The summed E-state index contributed by atoms with van der Waals surface area (Å²) in [5, 5.41) is 10.2. The molecule has 1 aliphatic carbocycles. The highest BCUT2D eigenvalue weighted by molar-refractivity contribution is 5.80. The molecule has 0 bridgehead atoms. The van der Waals surface area contributed by atoms with E-state index in [0.29, 0.717) is 6.42 Å². The van der Waals surface area contributed by atoms with Gasteiger partial charge in [-0.3, -0.25) is 10.1 Å². The zero-order chi connectivity index (χ0) is 8.81. The number of hydrogen-bond acceptors (Lipinski definition) is 2. The normalized spacial score (nSPS) is 14.8. The Labute approximate surface area is 71.4 Å². The zero-order valence-electron chi connectivity index (χ0n) is 6.71. The number of amides is 1. The van der Waals surface area contributed by atoms with Gasteiger partial charge in [-0.15, -0.1) is 0 Å². The van der Waals surface area contributed by atoms with Gasteiger partial charge >= 0.3 is 0 Å². The molecule has 0 heterocycles. The summed E-state index contributed by atoms with van der Waals surface area (Å²) >= 11 is 0. The van der Waals surface area contributed by atoms with Crippen LogP contribution in [-0.2, 0) is 4.79 Å². The minimum absolute atomic E-state index is 0.240. The van der Waals surface area contributed by atoms with E-state index >= 15 is 0 Å². The fourth-order valence-electron chi connectivity index (χ4n) is 1.09.